The van der Waals surface area contributed by atoms with Crippen molar-refractivity contribution >= 4 is 34.2 Å². The van der Waals surface area contributed by atoms with Crippen LogP contribution in [-0.2, 0) is 9.53 Å². The molecule has 0 unspecified atom stereocenters. The van der Waals surface area contributed by atoms with Crippen molar-refractivity contribution in [2.75, 3.05) is 24.8 Å². The van der Waals surface area contributed by atoms with Crippen molar-refractivity contribution in [1.82, 2.24) is 10.2 Å². The lowest BCUT2D eigenvalue weighted by Crippen LogP contribution is -2.35. The van der Waals surface area contributed by atoms with Gasteiger partial charge in [-0.25, -0.2) is 0 Å². The zero-order chi connectivity index (χ0) is 12.9. The Kier molecular flexibility index (Phi) is 5.16. The molecule has 0 spiro atoms. The minimum atomic E-state index is -0.862. The first-order valence-corrected chi connectivity index (χ1v) is 6.68. The Labute approximate surface area is 108 Å². The van der Waals surface area contributed by atoms with Crippen LogP contribution in [0.5, 0.6) is 0 Å². The number of rotatable bonds is 7. The number of aromatic nitrogens is 2. The molecule has 1 aromatic rings. The third-order valence-electron chi connectivity index (χ3n) is 1.68. The second kappa shape index (κ2) is 6.18. The second-order valence-electron chi connectivity index (χ2n) is 4.00. The largest absolute Gasteiger partial charge is 0.481 e. The number of thioether (sulfide) groups is 1. The Bertz CT molecular complexity index is 381. The highest BCUT2D eigenvalue weighted by molar-refractivity contribution is 8.01. The third kappa shape index (κ3) is 5.33. The minimum absolute atomic E-state index is 0.00387. The van der Waals surface area contributed by atoms with Gasteiger partial charge in [-0.2, -0.15) is 0 Å². The summed E-state index contributed by atoms with van der Waals surface area (Å²) in [5.41, 5.74) is -0.233. The average Bonchev–Trinajstić information content (AvgIpc) is 2.61. The van der Waals surface area contributed by atoms with Crippen molar-refractivity contribution < 1.29 is 14.6 Å². The number of carbonyl (C=O) groups is 1. The van der Waals surface area contributed by atoms with Crippen LogP contribution in [0.2, 0.25) is 0 Å². The predicted molar refractivity (Wildman–Crippen MR) is 67.8 cm³/mol. The van der Waals surface area contributed by atoms with Gasteiger partial charge >= 0.3 is 5.97 Å². The van der Waals surface area contributed by atoms with Crippen molar-refractivity contribution in [2.45, 2.75) is 23.7 Å². The average molecular weight is 277 g/mol. The van der Waals surface area contributed by atoms with E-state index in [0.29, 0.717) is 16.1 Å². The number of hydrogen-bond acceptors (Lipinski definition) is 7. The van der Waals surface area contributed by atoms with Crippen LogP contribution < -0.4 is 5.32 Å². The molecule has 2 N–H and O–H groups in total. The number of nitrogens with one attached hydrogen (secondary N) is 1. The van der Waals surface area contributed by atoms with Crippen LogP contribution in [-0.4, -0.2) is 46.3 Å². The van der Waals surface area contributed by atoms with Gasteiger partial charge in [0, 0.05) is 7.11 Å². The zero-order valence-corrected chi connectivity index (χ0v) is 11.5. The van der Waals surface area contributed by atoms with E-state index in [0.717, 1.165) is 11.8 Å². The monoisotopic (exact) mass is 277 g/mol. The number of nitrogens with zero attached hydrogens (tertiary/aromatic N) is 2. The topological polar surface area (TPSA) is 84.3 Å². The summed E-state index contributed by atoms with van der Waals surface area (Å²) in [5, 5.41) is 20.2. The van der Waals surface area contributed by atoms with E-state index >= 15 is 0 Å². The van der Waals surface area contributed by atoms with Crippen LogP contribution in [0.3, 0.4) is 0 Å². The summed E-state index contributed by atoms with van der Waals surface area (Å²) in [4.78, 5) is 10.4. The van der Waals surface area contributed by atoms with Crippen molar-refractivity contribution in [3.63, 3.8) is 0 Å². The first-order chi connectivity index (χ1) is 7.93. The Morgan fingerprint density at radius 3 is 2.88 bits per heavy atom. The number of carboxylic acid groups (broad SMARTS) is 1. The Balaban J connectivity index is 2.53. The zero-order valence-electron chi connectivity index (χ0n) is 9.89. The lowest BCUT2D eigenvalue weighted by atomic mass is 10.1. The predicted octanol–water partition coefficient (Wildman–Crippen LogP) is 1.55. The number of anilines is 1. The molecule has 0 saturated heterocycles. The van der Waals surface area contributed by atoms with E-state index in [9.17, 15) is 4.79 Å². The maximum absolute atomic E-state index is 10.4. The lowest BCUT2D eigenvalue weighted by Gasteiger charge is -2.24. The Morgan fingerprint density at radius 1 is 1.59 bits per heavy atom. The molecule has 96 valence electrons. The van der Waals surface area contributed by atoms with Crippen LogP contribution in [0.1, 0.15) is 13.8 Å². The summed E-state index contributed by atoms with van der Waals surface area (Å²) in [6, 6.07) is 0. The fourth-order valence-corrected chi connectivity index (χ4v) is 2.78. The van der Waals surface area contributed by atoms with E-state index in [1.54, 1.807) is 7.11 Å². The van der Waals surface area contributed by atoms with E-state index in [2.05, 4.69) is 15.5 Å². The minimum Gasteiger partial charge on any atom is -0.481 e. The van der Waals surface area contributed by atoms with Gasteiger partial charge in [-0.05, 0) is 13.8 Å². The van der Waals surface area contributed by atoms with Crippen LogP contribution in [0.4, 0.5) is 5.13 Å². The number of hydrogen-bond donors (Lipinski definition) is 2. The molecule has 0 aromatic carbocycles. The van der Waals surface area contributed by atoms with E-state index < -0.39 is 5.97 Å². The molecular weight excluding hydrogens is 262 g/mol. The smallest absolute Gasteiger partial charge is 0.313 e. The molecule has 0 atom stereocenters. The first kappa shape index (κ1) is 14.2. The summed E-state index contributed by atoms with van der Waals surface area (Å²) < 4.78 is 5.72. The lowest BCUT2D eigenvalue weighted by molar-refractivity contribution is -0.133. The van der Waals surface area contributed by atoms with Gasteiger partial charge in [0.05, 0.1) is 17.9 Å². The van der Waals surface area contributed by atoms with Gasteiger partial charge in [0.15, 0.2) is 4.34 Å². The fraction of sp³-hybridized carbons (Fsp3) is 0.667. The molecule has 1 aromatic heterocycles. The van der Waals surface area contributed by atoms with E-state index in [4.69, 9.17) is 9.84 Å². The van der Waals surface area contributed by atoms with Gasteiger partial charge in [0.25, 0.3) is 0 Å². The molecule has 17 heavy (non-hydrogen) atoms. The maximum atomic E-state index is 10.4. The van der Waals surface area contributed by atoms with Crippen LogP contribution in [0, 0.1) is 0 Å². The van der Waals surface area contributed by atoms with E-state index in [1.807, 2.05) is 13.8 Å². The number of methoxy groups -OCH3 is 1. The summed E-state index contributed by atoms with van der Waals surface area (Å²) in [7, 11) is 1.64. The van der Waals surface area contributed by atoms with Crippen molar-refractivity contribution in [3.05, 3.63) is 0 Å². The Hall–Kier alpha value is -0.860. The molecule has 0 amide bonds. The summed E-state index contributed by atoms with van der Waals surface area (Å²) >= 11 is 2.50. The number of aliphatic carboxylic acids is 1. The molecule has 0 aliphatic carbocycles. The first-order valence-electron chi connectivity index (χ1n) is 4.88. The molecule has 0 aliphatic rings. The fourth-order valence-electron chi connectivity index (χ4n) is 1.13. The van der Waals surface area contributed by atoms with Crippen LogP contribution in [0.15, 0.2) is 4.34 Å². The summed E-state index contributed by atoms with van der Waals surface area (Å²) in [5.74, 6) is -0.866. The normalized spacial score (nSPS) is 11.5. The van der Waals surface area contributed by atoms with Gasteiger partial charge < -0.3 is 15.2 Å². The van der Waals surface area contributed by atoms with Gasteiger partial charge in [-0.1, -0.05) is 23.1 Å². The van der Waals surface area contributed by atoms with Crippen LogP contribution >= 0.6 is 23.1 Å². The highest BCUT2D eigenvalue weighted by atomic mass is 32.2. The molecule has 0 saturated carbocycles. The molecule has 6 nitrogen and oxygen atoms in total. The number of carboxylic acids is 1. The maximum Gasteiger partial charge on any atom is 0.313 e. The molecule has 1 heterocycles. The van der Waals surface area contributed by atoms with Crippen molar-refractivity contribution in [1.29, 1.82) is 0 Å². The van der Waals surface area contributed by atoms with Crippen molar-refractivity contribution in [2.24, 2.45) is 0 Å². The molecule has 1 rings (SSSR count). The quantitative estimate of drug-likeness (QED) is 0.731. The Morgan fingerprint density at radius 2 is 2.29 bits per heavy atom. The highest BCUT2D eigenvalue weighted by Gasteiger charge is 2.19. The van der Waals surface area contributed by atoms with Crippen molar-refractivity contribution in [3.8, 4) is 0 Å². The molecule has 0 fully saturated rings. The van der Waals surface area contributed by atoms with E-state index in [1.165, 1.54) is 11.3 Å². The summed E-state index contributed by atoms with van der Waals surface area (Å²) in [6.45, 7) is 4.52. The molecule has 0 aliphatic heterocycles. The van der Waals surface area contributed by atoms with Gasteiger partial charge in [-0.3, -0.25) is 4.79 Å². The van der Waals surface area contributed by atoms with E-state index in [-0.39, 0.29) is 11.3 Å². The van der Waals surface area contributed by atoms with Gasteiger partial charge in [0.2, 0.25) is 5.13 Å². The van der Waals surface area contributed by atoms with Gasteiger partial charge in [-0.15, -0.1) is 10.2 Å². The third-order valence-corrected chi connectivity index (χ3v) is 3.63. The second-order valence-corrected chi connectivity index (χ2v) is 6.20. The molecule has 8 heteroatoms. The molecule has 0 bridgehead atoms. The number of ether oxygens (including phenoxy) is 1. The molecular formula is C9H15N3O3S2. The molecule has 0 radical (unpaired) electrons. The SMILES string of the molecule is COCC(C)(C)Nc1nnc(SCC(=O)O)s1. The van der Waals surface area contributed by atoms with Crippen LogP contribution in [0.25, 0.3) is 0 Å². The summed E-state index contributed by atoms with van der Waals surface area (Å²) in [6.07, 6.45) is 0. The highest BCUT2D eigenvalue weighted by Crippen LogP contribution is 2.27. The standard InChI is InChI=1S/C9H15N3O3S2/c1-9(2,5-15-3)10-7-11-12-8(17-7)16-4-6(13)14/h4-5H2,1-3H3,(H,10,11)(H,13,14). The van der Waals surface area contributed by atoms with Gasteiger partial charge in [0.1, 0.15) is 0 Å².